The van der Waals surface area contributed by atoms with E-state index in [2.05, 4.69) is 10.2 Å². The number of halogens is 1. The molecule has 6 heteroatoms. The monoisotopic (exact) mass is 236 g/mol. The van der Waals surface area contributed by atoms with Gasteiger partial charge in [-0.3, -0.25) is 0 Å². The summed E-state index contributed by atoms with van der Waals surface area (Å²) < 4.78 is 5.18. The average Bonchev–Trinajstić information content (AvgIpc) is 2.70. The Labute approximate surface area is 96.7 Å². The van der Waals surface area contributed by atoms with E-state index in [9.17, 15) is 0 Å². The summed E-state index contributed by atoms with van der Waals surface area (Å²) >= 11 is 5.83. The van der Waals surface area contributed by atoms with Crippen molar-refractivity contribution in [1.82, 2.24) is 10.2 Å². The van der Waals surface area contributed by atoms with Gasteiger partial charge in [0.1, 0.15) is 0 Å². The third kappa shape index (κ3) is 1.65. The molecule has 0 aliphatic heterocycles. The molecule has 0 aliphatic carbocycles. The van der Waals surface area contributed by atoms with Gasteiger partial charge in [-0.25, -0.2) is 0 Å². The average molecular weight is 237 g/mol. The largest absolute Gasteiger partial charge is 0.463 e. The van der Waals surface area contributed by atoms with Crippen molar-refractivity contribution < 1.29 is 4.42 Å². The standard InChI is InChI=1S/C10H9ClN4O/c1-5(12)7-8(13)9(14-15-10(7)11)6-3-2-4-16-6/h2-4,12H,1H3,(H2,13,15). The third-order valence-electron chi connectivity index (χ3n) is 2.10. The van der Waals surface area contributed by atoms with Crippen LogP contribution in [0.4, 0.5) is 5.69 Å². The van der Waals surface area contributed by atoms with Crippen LogP contribution in [-0.4, -0.2) is 15.9 Å². The van der Waals surface area contributed by atoms with Crippen LogP contribution in [0.15, 0.2) is 22.8 Å². The predicted molar refractivity (Wildman–Crippen MR) is 61.7 cm³/mol. The lowest BCUT2D eigenvalue weighted by Crippen LogP contribution is -2.06. The second kappa shape index (κ2) is 3.94. The van der Waals surface area contributed by atoms with E-state index in [4.69, 9.17) is 27.2 Å². The van der Waals surface area contributed by atoms with Gasteiger partial charge in [0.2, 0.25) is 0 Å². The van der Waals surface area contributed by atoms with E-state index in [1.54, 1.807) is 19.1 Å². The number of rotatable bonds is 2. The SMILES string of the molecule is CC(=N)c1c(Cl)nnc(-c2ccco2)c1N. The highest BCUT2D eigenvalue weighted by atomic mass is 35.5. The van der Waals surface area contributed by atoms with E-state index in [-0.39, 0.29) is 10.9 Å². The first kappa shape index (κ1) is 10.6. The number of nitrogens with one attached hydrogen (secondary N) is 1. The zero-order valence-electron chi connectivity index (χ0n) is 8.49. The molecule has 0 aliphatic rings. The Morgan fingerprint density at radius 2 is 2.25 bits per heavy atom. The summed E-state index contributed by atoms with van der Waals surface area (Å²) in [5.74, 6) is 0.504. The van der Waals surface area contributed by atoms with E-state index in [1.807, 2.05) is 0 Å². The Morgan fingerprint density at radius 3 is 2.81 bits per heavy atom. The van der Waals surface area contributed by atoms with Gasteiger partial charge in [-0.1, -0.05) is 11.6 Å². The van der Waals surface area contributed by atoms with Crippen molar-refractivity contribution in [3.63, 3.8) is 0 Å². The van der Waals surface area contributed by atoms with Gasteiger partial charge in [0.15, 0.2) is 16.6 Å². The Hall–Kier alpha value is -1.88. The molecule has 0 atom stereocenters. The number of nitrogens with zero attached hydrogens (tertiary/aromatic N) is 2. The minimum Gasteiger partial charge on any atom is -0.463 e. The second-order valence-corrected chi connectivity index (χ2v) is 3.59. The quantitative estimate of drug-likeness (QED) is 0.784. The van der Waals surface area contributed by atoms with Gasteiger partial charge in [0, 0.05) is 5.71 Å². The van der Waals surface area contributed by atoms with Gasteiger partial charge in [0.05, 0.1) is 17.5 Å². The molecule has 5 nitrogen and oxygen atoms in total. The van der Waals surface area contributed by atoms with Crippen molar-refractivity contribution in [3.8, 4) is 11.5 Å². The number of nitrogens with two attached hydrogens (primary N) is 1. The van der Waals surface area contributed by atoms with Crippen LogP contribution in [-0.2, 0) is 0 Å². The topological polar surface area (TPSA) is 88.8 Å². The van der Waals surface area contributed by atoms with Crippen LogP contribution in [0.25, 0.3) is 11.5 Å². The smallest absolute Gasteiger partial charge is 0.162 e. The Bertz CT molecular complexity index is 536. The minimum absolute atomic E-state index is 0.125. The first-order valence-electron chi connectivity index (χ1n) is 4.52. The maximum Gasteiger partial charge on any atom is 0.162 e. The molecule has 3 N–H and O–H groups in total. The van der Waals surface area contributed by atoms with Gasteiger partial charge in [-0.05, 0) is 19.1 Å². The number of hydrogen-bond acceptors (Lipinski definition) is 5. The number of aromatic nitrogens is 2. The zero-order valence-corrected chi connectivity index (χ0v) is 9.25. The summed E-state index contributed by atoms with van der Waals surface area (Å²) in [6, 6.07) is 3.44. The van der Waals surface area contributed by atoms with Crippen LogP contribution in [0.5, 0.6) is 0 Å². The van der Waals surface area contributed by atoms with Crippen molar-refractivity contribution >= 4 is 23.0 Å². The van der Waals surface area contributed by atoms with Gasteiger partial charge < -0.3 is 15.6 Å². The fraction of sp³-hybridized carbons (Fsp3) is 0.100. The third-order valence-corrected chi connectivity index (χ3v) is 2.36. The molecule has 82 valence electrons. The first-order valence-corrected chi connectivity index (χ1v) is 4.90. The summed E-state index contributed by atoms with van der Waals surface area (Å²) in [6.45, 7) is 1.59. The summed E-state index contributed by atoms with van der Waals surface area (Å²) in [6.07, 6.45) is 1.52. The summed E-state index contributed by atoms with van der Waals surface area (Å²) in [5.41, 5.74) is 7.23. The van der Waals surface area contributed by atoms with E-state index < -0.39 is 0 Å². The van der Waals surface area contributed by atoms with E-state index in [0.29, 0.717) is 22.7 Å². The Balaban J connectivity index is 2.66. The normalized spacial score (nSPS) is 10.4. The molecule has 16 heavy (non-hydrogen) atoms. The molecule has 0 saturated carbocycles. The van der Waals surface area contributed by atoms with Crippen LogP contribution in [0.1, 0.15) is 12.5 Å². The number of anilines is 1. The summed E-state index contributed by atoms with van der Waals surface area (Å²) in [5, 5.41) is 15.3. The highest BCUT2D eigenvalue weighted by Gasteiger charge is 2.17. The number of hydrogen-bond donors (Lipinski definition) is 2. The maximum atomic E-state index is 7.58. The predicted octanol–water partition coefficient (Wildman–Crippen LogP) is 2.36. The molecule has 0 fully saturated rings. The van der Waals surface area contributed by atoms with Gasteiger partial charge in [0.25, 0.3) is 0 Å². The van der Waals surface area contributed by atoms with E-state index in [0.717, 1.165) is 0 Å². The number of nitrogen functional groups attached to an aromatic ring is 1. The van der Waals surface area contributed by atoms with Crippen LogP contribution in [0.3, 0.4) is 0 Å². The molecule has 0 spiro atoms. The maximum absolute atomic E-state index is 7.58. The molecule has 2 aromatic heterocycles. The fourth-order valence-electron chi connectivity index (χ4n) is 1.38. The zero-order chi connectivity index (χ0) is 11.7. The molecule has 0 bridgehead atoms. The van der Waals surface area contributed by atoms with Crippen molar-refractivity contribution in [2.24, 2.45) is 0 Å². The van der Waals surface area contributed by atoms with Crippen LogP contribution < -0.4 is 5.73 Å². The van der Waals surface area contributed by atoms with Crippen LogP contribution >= 0.6 is 11.6 Å². The van der Waals surface area contributed by atoms with Gasteiger partial charge in [-0.2, -0.15) is 0 Å². The van der Waals surface area contributed by atoms with Crippen LogP contribution in [0.2, 0.25) is 5.15 Å². The van der Waals surface area contributed by atoms with E-state index in [1.165, 1.54) is 6.26 Å². The minimum atomic E-state index is 0.125. The molecule has 0 radical (unpaired) electrons. The Morgan fingerprint density at radius 1 is 1.50 bits per heavy atom. The lowest BCUT2D eigenvalue weighted by Gasteiger charge is -2.07. The molecule has 0 aromatic carbocycles. The second-order valence-electron chi connectivity index (χ2n) is 3.23. The van der Waals surface area contributed by atoms with E-state index >= 15 is 0 Å². The summed E-state index contributed by atoms with van der Waals surface area (Å²) in [4.78, 5) is 0. The summed E-state index contributed by atoms with van der Waals surface area (Å²) in [7, 11) is 0. The molecule has 0 unspecified atom stereocenters. The number of furan rings is 1. The molecular formula is C10H9ClN4O. The fourth-order valence-corrected chi connectivity index (χ4v) is 1.66. The lowest BCUT2D eigenvalue weighted by molar-refractivity contribution is 0.579. The van der Waals surface area contributed by atoms with Gasteiger partial charge in [-0.15, -0.1) is 10.2 Å². The first-order chi connectivity index (χ1) is 7.61. The molecule has 0 saturated heterocycles. The molecule has 0 amide bonds. The lowest BCUT2D eigenvalue weighted by atomic mass is 10.1. The van der Waals surface area contributed by atoms with Crippen LogP contribution in [0, 0.1) is 5.41 Å². The van der Waals surface area contributed by atoms with Crippen molar-refractivity contribution in [1.29, 1.82) is 5.41 Å². The highest BCUT2D eigenvalue weighted by molar-refractivity contribution is 6.33. The van der Waals surface area contributed by atoms with Gasteiger partial charge >= 0.3 is 0 Å². The van der Waals surface area contributed by atoms with Crippen molar-refractivity contribution in [3.05, 3.63) is 29.1 Å². The Kier molecular flexibility index (Phi) is 2.62. The molecule has 2 rings (SSSR count). The molecule has 2 heterocycles. The molecular weight excluding hydrogens is 228 g/mol. The van der Waals surface area contributed by atoms with Crippen molar-refractivity contribution in [2.75, 3.05) is 5.73 Å². The van der Waals surface area contributed by atoms with Crippen molar-refractivity contribution in [2.45, 2.75) is 6.92 Å². The highest BCUT2D eigenvalue weighted by Crippen LogP contribution is 2.29. The molecule has 2 aromatic rings.